The molecule has 0 radical (unpaired) electrons. The second kappa shape index (κ2) is 8.13. The van der Waals surface area contributed by atoms with Gasteiger partial charge in [-0.3, -0.25) is 0 Å². The lowest BCUT2D eigenvalue weighted by atomic mass is 9.89. The zero-order valence-electron chi connectivity index (χ0n) is 12.0. The van der Waals surface area contributed by atoms with Crippen molar-refractivity contribution in [2.24, 2.45) is 5.92 Å². The number of ether oxygens (including phenoxy) is 1. The summed E-state index contributed by atoms with van der Waals surface area (Å²) in [4.78, 5) is 2.41. The first-order valence-corrected chi connectivity index (χ1v) is 7.85. The fourth-order valence-corrected chi connectivity index (χ4v) is 3.19. The lowest BCUT2D eigenvalue weighted by Crippen LogP contribution is -2.36. The van der Waals surface area contributed by atoms with Crippen molar-refractivity contribution in [3.8, 4) is 0 Å². The zero-order valence-corrected chi connectivity index (χ0v) is 12.0. The van der Waals surface area contributed by atoms with Gasteiger partial charge in [-0.1, -0.05) is 19.3 Å². The van der Waals surface area contributed by atoms with Gasteiger partial charge in [0.05, 0.1) is 6.10 Å². The molecule has 0 spiro atoms. The van der Waals surface area contributed by atoms with Crippen molar-refractivity contribution >= 4 is 0 Å². The molecule has 3 heteroatoms. The highest BCUT2D eigenvalue weighted by Crippen LogP contribution is 2.22. The summed E-state index contributed by atoms with van der Waals surface area (Å²) in [5, 5.41) is 3.63. The molecule has 0 aromatic rings. The van der Waals surface area contributed by atoms with Crippen LogP contribution in [0.4, 0.5) is 0 Å². The van der Waals surface area contributed by atoms with E-state index in [9.17, 15) is 0 Å². The van der Waals surface area contributed by atoms with Gasteiger partial charge >= 0.3 is 0 Å². The predicted molar refractivity (Wildman–Crippen MR) is 75.9 cm³/mol. The van der Waals surface area contributed by atoms with Crippen LogP contribution in [-0.2, 0) is 4.74 Å². The van der Waals surface area contributed by atoms with Gasteiger partial charge in [0.2, 0.25) is 0 Å². The zero-order chi connectivity index (χ0) is 12.6. The fourth-order valence-electron chi connectivity index (χ4n) is 3.19. The molecule has 18 heavy (non-hydrogen) atoms. The third-order valence-corrected chi connectivity index (χ3v) is 4.37. The molecule has 1 heterocycles. The Labute approximate surface area is 112 Å². The summed E-state index contributed by atoms with van der Waals surface area (Å²) in [6.07, 6.45) is 10.2. The molecule has 2 fully saturated rings. The highest BCUT2D eigenvalue weighted by Gasteiger charge is 2.17. The first-order valence-electron chi connectivity index (χ1n) is 7.85. The molecule has 1 N–H and O–H groups in total. The van der Waals surface area contributed by atoms with E-state index in [-0.39, 0.29) is 0 Å². The molecule has 3 nitrogen and oxygen atoms in total. The van der Waals surface area contributed by atoms with E-state index in [0.29, 0.717) is 6.10 Å². The smallest absolute Gasteiger partial charge is 0.0702 e. The summed E-state index contributed by atoms with van der Waals surface area (Å²) in [5.41, 5.74) is 0. The monoisotopic (exact) mass is 254 g/mol. The lowest BCUT2D eigenvalue weighted by Gasteiger charge is -2.23. The molecule has 1 unspecified atom stereocenters. The quantitative estimate of drug-likeness (QED) is 0.705. The minimum Gasteiger partial charge on any atom is -0.377 e. The van der Waals surface area contributed by atoms with E-state index in [1.807, 2.05) is 0 Å². The summed E-state index contributed by atoms with van der Waals surface area (Å²) >= 11 is 0. The van der Waals surface area contributed by atoms with Gasteiger partial charge in [0.15, 0.2) is 0 Å². The van der Waals surface area contributed by atoms with E-state index in [1.165, 1.54) is 51.5 Å². The maximum Gasteiger partial charge on any atom is 0.0702 e. The molecular formula is C15H30N2O. The van der Waals surface area contributed by atoms with Crippen LogP contribution in [0.1, 0.15) is 44.9 Å². The van der Waals surface area contributed by atoms with E-state index in [4.69, 9.17) is 4.74 Å². The lowest BCUT2D eigenvalue weighted by molar-refractivity contribution is 0.0814. The molecule has 1 atom stereocenters. The third-order valence-electron chi connectivity index (χ3n) is 4.37. The molecule has 1 aliphatic heterocycles. The molecule has 1 saturated carbocycles. The van der Waals surface area contributed by atoms with E-state index in [2.05, 4.69) is 17.3 Å². The Kier molecular flexibility index (Phi) is 6.46. The summed E-state index contributed by atoms with van der Waals surface area (Å²) in [7, 11) is 2.21. The molecule has 0 amide bonds. The fraction of sp³-hybridized carbons (Fsp3) is 1.00. The minimum absolute atomic E-state index is 0.494. The van der Waals surface area contributed by atoms with E-state index in [0.717, 1.165) is 32.2 Å². The van der Waals surface area contributed by atoms with Crippen LogP contribution in [0.25, 0.3) is 0 Å². The molecule has 1 saturated heterocycles. The van der Waals surface area contributed by atoms with Crippen LogP contribution in [0.15, 0.2) is 0 Å². The maximum atomic E-state index is 5.66. The highest BCUT2D eigenvalue weighted by atomic mass is 16.5. The second-order valence-electron chi connectivity index (χ2n) is 6.11. The van der Waals surface area contributed by atoms with Crippen molar-refractivity contribution in [1.29, 1.82) is 0 Å². The van der Waals surface area contributed by atoms with Crippen LogP contribution in [0.5, 0.6) is 0 Å². The normalized spacial score (nSPS) is 26.0. The Morgan fingerprint density at radius 1 is 1.11 bits per heavy atom. The van der Waals surface area contributed by atoms with Crippen LogP contribution >= 0.6 is 0 Å². The maximum absolute atomic E-state index is 5.66. The molecular weight excluding hydrogens is 224 g/mol. The van der Waals surface area contributed by atoms with Crippen LogP contribution in [0.3, 0.4) is 0 Å². The van der Waals surface area contributed by atoms with Crippen molar-refractivity contribution in [3.05, 3.63) is 0 Å². The molecule has 0 aromatic carbocycles. The van der Waals surface area contributed by atoms with Gasteiger partial charge < -0.3 is 15.0 Å². The van der Waals surface area contributed by atoms with Crippen molar-refractivity contribution in [1.82, 2.24) is 10.2 Å². The summed E-state index contributed by atoms with van der Waals surface area (Å²) in [6, 6.07) is 0. The van der Waals surface area contributed by atoms with Crippen molar-refractivity contribution in [2.75, 3.05) is 39.8 Å². The van der Waals surface area contributed by atoms with Crippen LogP contribution in [0.2, 0.25) is 0 Å². The number of likely N-dealkylation sites (N-methyl/N-ethyl adjacent to an activating group) is 1. The van der Waals surface area contributed by atoms with E-state index >= 15 is 0 Å². The Bertz CT molecular complexity index is 211. The average molecular weight is 254 g/mol. The van der Waals surface area contributed by atoms with Crippen LogP contribution in [0, 0.1) is 5.92 Å². The Balaban J connectivity index is 1.46. The van der Waals surface area contributed by atoms with Gasteiger partial charge in [-0.25, -0.2) is 0 Å². The predicted octanol–water partition coefficient (Wildman–Crippen LogP) is 2.27. The van der Waals surface area contributed by atoms with Gasteiger partial charge in [-0.2, -0.15) is 0 Å². The van der Waals surface area contributed by atoms with Gasteiger partial charge in [0.1, 0.15) is 0 Å². The Hall–Kier alpha value is -0.120. The molecule has 106 valence electrons. The van der Waals surface area contributed by atoms with Crippen molar-refractivity contribution in [2.45, 2.75) is 51.0 Å². The number of nitrogens with one attached hydrogen (secondary N) is 1. The molecule has 2 rings (SSSR count). The van der Waals surface area contributed by atoms with E-state index in [1.54, 1.807) is 0 Å². The number of hydrogen-bond donors (Lipinski definition) is 1. The minimum atomic E-state index is 0.494. The third kappa shape index (κ3) is 5.25. The van der Waals surface area contributed by atoms with E-state index < -0.39 is 0 Å². The molecule has 2 aliphatic rings. The first kappa shape index (κ1) is 14.3. The van der Waals surface area contributed by atoms with Gasteiger partial charge in [-0.05, 0) is 45.2 Å². The van der Waals surface area contributed by atoms with Crippen molar-refractivity contribution in [3.63, 3.8) is 0 Å². The summed E-state index contributed by atoms with van der Waals surface area (Å²) in [6.45, 7) is 5.57. The SMILES string of the molecule is CN(CCNCC1CCCCC1)CC1CCCO1. The summed E-state index contributed by atoms with van der Waals surface area (Å²) in [5.74, 6) is 0.947. The largest absolute Gasteiger partial charge is 0.377 e. The van der Waals surface area contributed by atoms with Gasteiger partial charge in [0, 0.05) is 26.2 Å². The van der Waals surface area contributed by atoms with Crippen molar-refractivity contribution < 1.29 is 4.74 Å². The number of nitrogens with zero attached hydrogens (tertiary/aromatic N) is 1. The molecule has 1 aliphatic carbocycles. The summed E-state index contributed by atoms with van der Waals surface area (Å²) < 4.78 is 5.66. The number of rotatable bonds is 7. The highest BCUT2D eigenvalue weighted by molar-refractivity contribution is 4.70. The second-order valence-corrected chi connectivity index (χ2v) is 6.11. The van der Waals surface area contributed by atoms with Gasteiger partial charge in [-0.15, -0.1) is 0 Å². The average Bonchev–Trinajstić information content (AvgIpc) is 2.89. The van der Waals surface area contributed by atoms with Crippen LogP contribution < -0.4 is 5.32 Å². The molecule has 0 bridgehead atoms. The molecule has 0 aromatic heterocycles. The van der Waals surface area contributed by atoms with Gasteiger partial charge in [0.25, 0.3) is 0 Å². The van der Waals surface area contributed by atoms with Crippen LogP contribution in [-0.4, -0.2) is 50.8 Å². The Morgan fingerprint density at radius 3 is 2.67 bits per heavy atom. The number of hydrogen-bond acceptors (Lipinski definition) is 3. The first-order chi connectivity index (χ1) is 8.84. The topological polar surface area (TPSA) is 24.5 Å². The standard InChI is InChI=1S/C15H30N2O/c1-17(13-15-8-5-11-18-15)10-9-16-12-14-6-3-2-4-7-14/h14-16H,2-13H2,1H3. The Morgan fingerprint density at radius 2 is 1.94 bits per heavy atom.